The summed E-state index contributed by atoms with van der Waals surface area (Å²) in [6.07, 6.45) is 1.24. The first-order valence-corrected chi connectivity index (χ1v) is 11.9. The first kappa shape index (κ1) is 25.4. The number of hydrogen-bond donors (Lipinski definition) is 1. The second-order valence-electron chi connectivity index (χ2n) is 8.48. The minimum absolute atomic E-state index is 0.0264. The molecular weight excluding hydrogens is 451 g/mol. The Morgan fingerprint density at radius 2 is 1.62 bits per heavy atom. The lowest BCUT2D eigenvalue weighted by Crippen LogP contribution is -2.52. The highest BCUT2D eigenvalue weighted by atomic mass is 35.5. The molecular formula is C28H30ClFN2O2. The molecule has 2 amide bonds. The van der Waals surface area contributed by atoms with E-state index in [1.165, 1.54) is 12.1 Å². The molecule has 1 N–H and O–H groups in total. The van der Waals surface area contributed by atoms with E-state index in [0.29, 0.717) is 11.4 Å². The van der Waals surface area contributed by atoms with Gasteiger partial charge in [0.1, 0.15) is 11.9 Å². The Balaban J connectivity index is 1.96. The fourth-order valence-electron chi connectivity index (χ4n) is 3.70. The molecule has 0 spiro atoms. The fraction of sp³-hybridized carbons (Fsp3) is 0.286. The van der Waals surface area contributed by atoms with Crippen LogP contribution in [0.15, 0.2) is 78.9 Å². The standard InChI is InChI=1S/C28H30ClFN2O2/c1-3-20(2)31-28(34)26(17-21-8-5-4-6-9-21)32(19-22-12-14-25(30)15-13-22)27(33)18-23-10-7-11-24(29)16-23/h4-16,20,26H,3,17-19H2,1-2H3,(H,31,34)/t20-,26-/m0/s1. The summed E-state index contributed by atoms with van der Waals surface area (Å²) in [7, 11) is 0. The summed E-state index contributed by atoms with van der Waals surface area (Å²) in [5.74, 6) is -0.762. The van der Waals surface area contributed by atoms with Crippen LogP contribution in [0.3, 0.4) is 0 Å². The van der Waals surface area contributed by atoms with Crippen LogP contribution < -0.4 is 5.32 Å². The Labute approximate surface area is 205 Å². The van der Waals surface area contributed by atoms with Crippen molar-refractivity contribution in [2.75, 3.05) is 0 Å². The van der Waals surface area contributed by atoms with Crippen LogP contribution in [-0.4, -0.2) is 28.8 Å². The zero-order chi connectivity index (χ0) is 24.5. The molecule has 178 valence electrons. The Bertz CT molecular complexity index is 1090. The van der Waals surface area contributed by atoms with Gasteiger partial charge in [-0.1, -0.05) is 73.1 Å². The molecule has 6 heteroatoms. The average Bonchev–Trinajstić information content (AvgIpc) is 2.83. The average molecular weight is 481 g/mol. The van der Waals surface area contributed by atoms with Crippen LogP contribution in [-0.2, 0) is 29.0 Å². The van der Waals surface area contributed by atoms with Crippen molar-refractivity contribution in [3.8, 4) is 0 Å². The van der Waals surface area contributed by atoms with Crippen LogP contribution in [0, 0.1) is 5.82 Å². The molecule has 0 unspecified atom stereocenters. The van der Waals surface area contributed by atoms with Crippen LogP contribution in [0.5, 0.6) is 0 Å². The van der Waals surface area contributed by atoms with Crippen LogP contribution >= 0.6 is 11.6 Å². The van der Waals surface area contributed by atoms with Gasteiger partial charge in [-0.3, -0.25) is 9.59 Å². The molecule has 3 aromatic rings. The van der Waals surface area contributed by atoms with E-state index >= 15 is 0 Å². The topological polar surface area (TPSA) is 49.4 Å². The normalized spacial score (nSPS) is 12.6. The number of hydrogen-bond acceptors (Lipinski definition) is 2. The lowest BCUT2D eigenvalue weighted by Gasteiger charge is -2.32. The molecule has 0 bridgehead atoms. The lowest BCUT2D eigenvalue weighted by atomic mass is 10.0. The van der Waals surface area contributed by atoms with Gasteiger partial charge in [0.2, 0.25) is 11.8 Å². The first-order chi connectivity index (χ1) is 16.4. The van der Waals surface area contributed by atoms with Crippen molar-refractivity contribution in [2.24, 2.45) is 0 Å². The number of rotatable bonds is 10. The second kappa shape index (κ2) is 12.3. The summed E-state index contributed by atoms with van der Waals surface area (Å²) in [5, 5.41) is 3.59. The third kappa shape index (κ3) is 7.42. The van der Waals surface area contributed by atoms with Gasteiger partial charge in [0.15, 0.2) is 0 Å². The molecule has 0 heterocycles. The minimum Gasteiger partial charge on any atom is -0.352 e. The third-order valence-electron chi connectivity index (χ3n) is 5.78. The van der Waals surface area contributed by atoms with E-state index in [4.69, 9.17) is 11.6 Å². The fourth-order valence-corrected chi connectivity index (χ4v) is 3.92. The van der Waals surface area contributed by atoms with E-state index < -0.39 is 6.04 Å². The first-order valence-electron chi connectivity index (χ1n) is 11.5. The summed E-state index contributed by atoms with van der Waals surface area (Å²) in [6.45, 7) is 4.12. The van der Waals surface area contributed by atoms with Gasteiger partial charge < -0.3 is 10.2 Å². The third-order valence-corrected chi connectivity index (χ3v) is 6.02. The maximum absolute atomic E-state index is 13.6. The van der Waals surface area contributed by atoms with Crippen molar-refractivity contribution in [2.45, 2.75) is 51.7 Å². The van der Waals surface area contributed by atoms with Gasteiger partial charge in [0.25, 0.3) is 0 Å². The van der Waals surface area contributed by atoms with Crippen molar-refractivity contribution in [1.82, 2.24) is 10.2 Å². The summed E-state index contributed by atoms with van der Waals surface area (Å²) in [4.78, 5) is 28.6. The van der Waals surface area contributed by atoms with Crippen LogP contribution in [0.1, 0.15) is 37.0 Å². The SMILES string of the molecule is CC[C@H](C)NC(=O)[C@H](Cc1ccccc1)N(Cc1ccc(F)cc1)C(=O)Cc1cccc(Cl)c1. The van der Waals surface area contributed by atoms with Crippen molar-refractivity contribution in [3.63, 3.8) is 0 Å². The van der Waals surface area contributed by atoms with Gasteiger partial charge in [0, 0.05) is 24.0 Å². The number of halogens is 2. The maximum Gasteiger partial charge on any atom is 0.243 e. The van der Waals surface area contributed by atoms with Gasteiger partial charge in [-0.15, -0.1) is 0 Å². The number of carbonyl (C=O) groups is 2. The molecule has 3 rings (SSSR count). The highest BCUT2D eigenvalue weighted by molar-refractivity contribution is 6.30. The van der Waals surface area contributed by atoms with E-state index in [1.807, 2.05) is 50.2 Å². The van der Waals surface area contributed by atoms with Gasteiger partial charge in [-0.05, 0) is 54.3 Å². The summed E-state index contributed by atoms with van der Waals surface area (Å²) in [6, 6.07) is 22.0. The molecule has 0 aliphatic carbocycles. The zero-order valence-electron chi connectivity index (χ0n) is 19.5. The lowest BCUT2D eigenvalue weighted by molar-refractivity contribution is -0.141. The van der Waals surface area contributed by atoms with E-state index in [2.05, 4.69) is 5.32 Å². The molecule has 0 aromatic heterocycles. The quantitative estimate of drug-likeness (QED) is 0.412. The molecule has 2 atom stereocenters. The molecule has 0 fully saturated rings. The van der Waals surface area contributed by atoms with Gasteiger partial charge in [-0.25, -0.2) is 4.39 Å². The van der Waals surface area contributed by atoms with E-state index in [0.717, 1.165) is 23.1 Å². The van der Waals surface area contributed by atoms with Crippen molar-refractivity contribution in [3.05, 3.63) is 106 Å². The Morgan fingerprint density at radius 1 is 0.941 bits per heavy atom. The molecule has 0 aliphatic heterocycles. The molecule has 0 saturated carbocycles. The molecule has 0 aliphatic rings. The predicted molar refractivity (Wildman–Crippen MR) is 134 cm³/mol. The Kier molecular flexibility index (Phi) is 9.23. The second-order valence-corrected chi connectivity index (χ2v) is 8.91. The van der Waals surface area contributed by atoms with Crippen molar-refractivity contribution in [1.29, 1.82) is 0 Å². The van der Waals surface area contributed by atoms with E-state index in [-0.39, 0.29) is 36.6 Å². The number of nitrogens with one attached hydrogen (secondary N) is 1. The van der Waals surface area contributed by atoms with Crippen molar-refractivity contribution >= 4 is 23.4 Å². The van der Waals surface area contributed by atoms with Crippen LogP contribution in [0.4, 0.5) is 4.39 Å². The van der Waals surface area contributed by atoms with Gasteiger partial charge >= 0.3 is 0 Å². The zero-order valence-corrected chi connectivity index (χ0v) is 20.3. The number of nitrogens with zero attached hydrogens (tertiary/aromatic N) is 1. The van der Waals surface area contributed by atoms with Gasteiger partial charge in [0.05, 0.1) is 6.42 Å². The van der Waals surface area contributed by atoms with Crippen LogP contribution in [0.25, 0.3) is 0 Å². The maximum atomic E-state index is 13.6. The molecule has 0 saturated heterocycles. The number of carbonyl (C=O) groups excluding carboxylic acids is 2. The number of benzene rings is 3. The molecule has 0 radical (unpaired) electrons. The number of amides is 2. The predicted octanol–water partition coefficient (Wildman–Crippen LogP) is 5.58. The highest BCUT2D eigenvalue weighted by Crippen LogP contribution is 2.18. The smallest absolute Gasteiger partial charge is 0.243 e. The summed E-state index contributed by atoms with van der Waals surface area (Å²) < 4.78 is 13.5. The Hall–Kier alpha value is -3.18. The van der Waals surface area contributed by atoms with Crippen molar-refractivity contribution < 1.29 is 14.0 Å². The molecule has 3 aromatic carbocycles. The van der Waals surface area contributed by atoms with Gasteiger partial charge in [-0.2, -0.15) is 0 Å². The highest BCUT2D eigenvalue weighted by Gasteiger charge is 2.31. The van der Waals surface area contributed by atoms with E-state index in [9.17, 15) is 14.0 Å². The molecule has 34 heavy (non-hydrogen) atoms. The summed E-state index contributed by atoms with van der Waals surface area (Å²) >= 11 is 6.12. The van der Waals surface area contributed by atoms with Crippen LogP contribution in [0.2, 0.25) is 5.02 Å². The Morgan fingerprint density at radius 3 is 2.26 bits per heavy atom. The van der Waals surface area contributed by atoms with E-state index in [1.54, 1.807) is 35.2 Å². The minimum atomic E-state index is -0.729. The molecule has 4 nitrogen and oxygen atoms in total. The summed E-state index contributed by atoms with van der Waals surface area (Å²) in [5.41, 5.74) is 2.46. The monoisotopic (exact) mass is 480 g/mol. The largest absolute Gasteiger partial charge is 0.352 e.